The molecular weight excluding hydrogens is 300 g/mol. The highest BCUT2D eigenvalue weighted by Crippen LogP contribution is 2.30. The predicted molar refractivity (Wildman–Crippen MR) is 84.2 cm³/mol. The van der Waals surface area contributed by atoms with Gasteiger partial charge in [0.05, 0.1) is 11.7 Å². The maximum atomic E-state index is 13.7. The molecule has 1 aromatic heterocycles. The first-order valence-corrected chi connectivity index (χ1v) is 7.78. The molecule has 0 bridgehead atoms. The number of nitrogens with zero attached hydrogens (tertiary/aromatic N) is 2. The van der Waals surface area contributed by atoms with Crippen molar-refractivity contribution in [2.75, 3.05) is 11.9 Å². The summed E-state index contributed by atoms with van der Waals surface area (Å²) in [5.41, 5.74) is 0.944. The van der Waals surface area contributed by atoms with Gasteiger partial charge in [-0.05, 0) is 30.7 Å². The Bertz CT molecular complexity index is 714. The summed E-state index contributed by atoms with van der Waals surface area (Å²) in [6.45, 7) is 3.29. The van der Waals surface area contributed by atoms with Gasteiger partial charge < -0.3 is 14.8 Å². The van der Waals surface area contributed by atoms with Gasteiger partial charge in [-0.25, -0.2) is 13.6 Å². The molecule has 2 heterocycles. The molecule has 1 aromatic carbocycles. The average Bonchev–Trinajstić information content (AvgIpc) is 3.00. The summed E-state index contributed by atoms with van der Waals surface area (Å²) in [5.74, 6) is -1.23. The Balaban J connectivity index is 1.82. The highest BCUT2D eigenvalue weighted by atomic mass is 19.1. The Morgan fingerprint density at radius 3 is 2.91 bits per heavy atom. The van der Waals surface area contributed by atoms with Crippen LogP contribution in [0.15, 0.2) is 36.5 Å². The molecule has 1 atom stereocenters. The van der Waals surface area contributed by atoms with Crippen LogP contribution >= 0.6 is 0 Å². The van der Waals surface area contributed by atoms with Crippen LogP contribution in [0.4, 0.5) is 19.3 Å². The van der Waals surface area contributed by atoms with Crippen molar-refractivity contribution in [1.29, 1.82) is 0 Å². The number of halogens is 2. The summed E-state index contributed by atoms with van der Waals surface area (Å²) in [5, 5.41) is 2.49. The van der Waals surface area contributed by atoms with Crippen molar-refractivity contribution < 1.29 is 13.6 Å². The fourth-order valence-electron chi connectivity index (χ4n) is 3.06. The SMILES string of the molecule is CCCC1c2cccn2CCN1C(=O)Nc1cc(F)ccc1F. The molecule has 0 fully saturated rings. The lowest BCUT2D eigenvalue weighted by Gasteiger charge is -2.37. The first-order chi connectivity index (χ1) is 11.1. The van der Waals surface area contributed by atoms with Crippen LogP contribution in [0.2, 0.25) is 0 Å². The van der Waals surface area contributed by atoms with E-state index in [2.05, 4.69) is 16.8 Å². The molecular formula is C17H19F2N3O. The predicted octanol–water partition coefficient (Wildman–Crippen LogP) is 4.16. The Labute approximate surface area is 133 Å². The van der Waals surface area contributed by atoms with Crippen molar-refractivity contribution in [3.05, 3.63) is 53.9 Å². The van der Waals surface area contributed by atoms with E-state index in [1.54, 1.807) is 4.90 Å². The van der Waals surface area contributed by atoms with Gasteiger partial charge in [0.15, 0.2) is 0 Å². The van der Waals surface area contributed by atoms with E-state index >= 15 is 0 Å². The summed E-state index contributed by atoms with van der Waals surface area (Å²) >= 11 is 0. The molecule has 122 valence electrons. The van der Waals surface area contributed by atoms with Crippen LogP contribution < -0.4 is 5.32 Å². The van der Waals surface area contributed by atoms with E-state index in [4.69, 9.17) is 0 Å². The number of amides is 2. The van der Waals surface area contributed by atoms with E-state index < -0.39 is 17.7 Å². The minimum absolute atomic E-state index is 0.0552. The monoisotopic (exact) mass is 319 g/mol. The Morgan fingerprint density at radius 2 is 2.13 bits per heavy atom. The number of carbonyl (C=O) groups excluding carboxylic acids is 1. The number of hydrogen-bond donors (Lipinski definition) is 1. The van der Waals surface area contributed by atoms with Crippen LogP contribution in [-0.4, -0.2) is 22.0 Å². The number of nitrogens with one attached hydrogen (secondary N) is 1. The summed E-state index contributed by atoms with van der Waals surface area (Å²) in [7, 11) is 0. The highest BCUT2D eigenvalue weighted by molar-refractivity contribution is 5.89. The van der Waals surface area contributed by atoms with E-state index in [-0.39, 0.29) is 11.7 Å². The number of fused-ring (bicyclic) bond motifs is 1. The zero-order chi connectivity index (χ0) is 16.4. The van der Waals surface area contributed by atoms with Crippen LogP contribution in [0.5, 0.6) is 0 Å². The number of urea groups is 1. The van der Waals surface area contributed by atoms with Gasteiger partial charge in [0.1, 0.15) is 11.6 Å². The van der Waals surface area contributed by atoms with Gasteiger partial charge in [-0.3, -0.25) is 0 Å². The van der Waals surface area contributed by atoms with Crippen molar-refractivity contribution in [2.24, 2.45) is 0 Å². The zero-order valence-corrected chi connectivity index (χ0v) is 12.9. The maximum absolute atomic E-state index is 13.7. The van der Waals surface area contributed by atoms with E-state index in [0.717, 1.165) is 36.7 Å². The van der Waals surface area contributed by atoms with Crippen LogP contribution in [0, 0.1) is 11.6 Å². The number of hydrogen-bond acceptors (Lipinski definition) is 1. The smallest absolute Gasteiger partial charge is 0.322 e. The highest BCUT2D eigenvalue weighted by Gasteiger charge is 2.30. The second-order valence-corrected chi connectivity index (χ2v) is 5.68. The summed E-state index contributed by atoms with van der Waals surface area (Å²) < 4.78 is 29.1. The second-order valence-electron chi connectivity index (χ2n) is 5.68. The zero-order valence-electron chi connectivity index (χ0n) is 12.9. The Kier molecular flexibility index (Phi) is 4.32. The van der Waals surface area contributed by atoms with Crippen molar-refractivity contribution >= 4 is 11.7 Å². The van der Waals surface area contributed by atoms with Gasteiger partial charge in [0, 0.05) is 31.0 Å². The molecule has 2 aromatic rings. The minimum Gasteiger partial charge on any atom is -0.348 e. The first-order valence-electron chi connectivity index (χ1n) is 7.78. The third-order valence-corrected chi connectivity index (χ3v) is 4.16. The number of aromatic nitrogens is 1. The Hall–Kier alpha value is -2.37. The molecule has 6 heteroatoms. The van der Waals surface area contributed by atoms with Gasteiger partial charge in [-0.15, -0.1) is 0 Å². The van der Waals surface area contributed by atoms with Crippen LogP contribution in [0.3, 0.4) is 0 Å². The fraction of sp³-hybridized carbons (Fsp3) is 0.353. The quantitative estimate of drug-likeness (QED) is 0.906. The van der Waals surface area contributed by atoms with E-state index in [9.17, 15) is 13.6 Å². The molecule has 23 heavy (non-hydrogen) atoms. The third kappa shape index (κ3) is 3.06. The molecule has 1 aliphatic rings. The molecule has 1 unspecified atom stereocenters. The Morgan fingerprint density at radius 1 is 1.30 bits per heavy atom. The average molecular weight is 319 g/mol. The first kappa shape index (κ1) is 15.5. The number of carbonyl (C=O) groups is 1. The lowest BCUT2D eigenvalue weighted by atomic mass is 10.0. The van der Waals surface area contributed by atoms with Crippen molar-refractivity contribution in [3.63, 3.8) is 0 Å². The molecule has 0 spiro atoms. The molecule has 1 aliphatic heterocycles. The van der Waals surface area contributed by atoms with E-state index in [1.165, 1.54) is 0 Å². The topological polar surface area (TPSA) is 37.3 Å². The largest absolute Gasteiger partial charge is 0.348 e. The molecule has 4 nitrogen and oxygen atoms in total. The van der Waals surface area contributed by atoms with Crippen LogP contribution in [-0.2, 0) is 6.54 Å². The van der Waals surface area contributed by atoms with Gasteiger partial charge in [-0.1, -0.05) is 13.3 Å². The second kappa shape index (κ2) is 6.40. The van der Waals surface area contributed by atoms with Gasteiger partial charge in [-0.2, -0.15) is 0 Å². The van der Waals surface area contributed by atoms with Gasteiger partial charge in [0.25, 0.3) is 0 Å². The van der Waals surface area contributed by atoms with Crippen molar-refractivity contribution in [3.8, 4) is 0 Å². The number of rotatable bonds is 3. The molecule has 0 saturated carbocycles. The maximum Gasteiger partial charge on any atom is 0.322 e. The van der Waals surface area contributed by atoms with Gasteiger partial charge in [0.2, 0.25) is 0 Å². The third-order valence-electron chi connectivity index (χ3n) is 4.16. The number of anilines is 1. The molecule has 2 amide bonds. The van der Waals surface area contributed by atoms with Crippen LogP contribution in [0.1, 0.15) is 31.5 Å². The normalized spacial score (nSPS) is 17.0. The lowest BCUT2D eigenvalue weighted by Crippen LogP contribution is -2.44. The fourth-order valence-corrected chi connectivity index (χ4v) is 3.06. The molecule has 0 radical (unpaired) electrons. The molecule has 0 saturated heterocycles. The summed E-state index contributed by atoms with van der Waals surface area (Å²) in [6, 6.07) is 6.54. The van der Waals surface area contributed by atoms with Crippen molar-refractivity contribution in [2.45, 2.75) is 32.4 Å². The molecule has 3 rings (SSSR count). The summed E-state index contributed by atoms with van der Waals surface area (Å²) in [6.07, 6.45) is 3.75. The number of benzene rings is 1. The van der Waals surface area contributed by atoms with Crippen molar-refractivity contribution in [1.82, 2.24) is 9.47 Å². The summed E-state index contributed by atoms with van der Waals surface area (Å²) in [4.78, 5) is 14.3. The van der Waals surface area contributed by atoms with Gasteiger partial charge >= 0.3 is 6.03 Å². The minimum atomic E-state index is -0.646. The van der Waals surface area contributed by atoms with Crippen LogP contribution in [0.25, 0.3) is 0 Å². The molecule has 0 aliphatic carbocycles. The van der Waals surface area contributed by atoms with E-state index in [0.29, 0.717) is 13.1 Å². The molecule has 1 N–H and O–H groups in total. The lowest BCUT2D eigenvalue weighted by molar-refractivity contribution is 0.163. The van der Waals surface area contributed by atoms with E-state index in [1.807, 2.05) is 18.3 Å². The standard InChI is InChI=1S/C17H19F2N3O/c1-2-4-16-15-5-3-8-21(15)9-10-22(16)17(23)20-14-11-12(18)6-7-13(14)19/h3,5-8,11,16H,2,4,9-10H2,1H3,(H,20,23).